The molecule has 8 heteroatoms. The molecular formula is C21H25ClN2O4S. The van der Waals surface area contributed by atoms with Gasteiger partial charge in [0.1, 0.15) is 5.75 Å². The van der Waals surface area contributed by atoms with E-state index in [9.17, 15) is 13.2 Å². The standard InChI is InChI=1S/C21H25ClN2O4S/c1-3-28-20-7-5-4-6-19(20)23-21(25)17-14-16(8-9-18(17)22)29(26,27)24-12-10-15(2)11-13-24/h4-9,14-15H,3,10-13H2,1-2H3,(H,23,25). The van der Waals surface area contributed by atoms with E-state index in [4.69, 9.17) is 16.3 Å². The summed E-state index contributed by atoms with van der Waals surface area (Å²) in [6.07, 6.45) is 1.66. The molecule has 0 bridgehead atoms. The van der Waals surface area contributed by atoms with Crippen LogP contribution in [0.3, 0.4) is 0 Å². The molecule has 1 heterocycles. The summed E-state index contributed by atoms with van der Waals surface area (Å²) >= 11 is 6.21. The van der Waals surface area contributed by atoms with Crippen LogP contribution >= 0.6 is 11.6 Å². The number of para-hydroxylation sites is 2. The molecule has 6 nitrogen and oxygen atoms in total. The Hall–Kier alpha value is -2.09. The first-order valence-electron chi connectivity index (χ1n) is 9.65. The van der Waals surface area contributed by atoms with Crippen LogP contribution in [0.2, 0.25) is 5.02 Å². The number of piperidine rings is 1. The van der Waals surface area contributed by atoms with E-state index in [1.807, 2.05) is 6.92 Å². The van der Waals surface area contributed by atoms with E-state index in [-0.39, 0.29) is 15.5 Å². The lowest BCUT2D eigenvalue weighted by molar-refractivity contribution is 0.102. The fourth-order valence-electron chi connectivity index (χ4n) is 3.25. The van der Waals surface area contributed by atoms with E-state index in [0.717, 1.165) is 12.8 Å². The van der Waals surface area contributed by atoms with Crippen molar-refractivity contribution in [3.05, 3.63) is 53.1 Å². The molecule has 0 radical (unpaired) electrons. The lowest BCUT2D eigenvalue weighted by Crippen LogP contribution is -2.37. The molecule has 29 heavy (non-hydrogen) atoms. The zero-order chi connectivity index (χ0) is 21.0. The summed E-state index contributed by atoms with van der Waals surface area (Å²) in [5.41, 5.74) is 0.595. The van der Waals surface area contributed by atoms with Crippen LogP contribution in [0, 0.1) is 5.92 Å². The number of rotatable bonds is 6. The second-order valence-electron chi connectivity index (χ2n) is 7.11. The summed E-state index contributed by atoms with van der Waals surface area (Å²) in [5.74, 6) is 0.551. The van der Waals surface area contributed by atoms with Gasteiger partial charge in [0.2, 0.25) is 10.0 Å². The molecule has 1 aliphatic heterocycles. The van der Waals surface area contributed by atoms with Crippen LogP contribution in [0.15, 0.2) is 47.4 Å². The molecule has 0 unspecified atom stereocenters. The van der Waals surface area contributed by atoms with Gasteiger partial charge in [-0.2, -0.15) is 4.31 Å². The number of carbonyl (C=O) groups excluding carboxylic acids is 1. The number of hydrogen-bond donors (Lipinski definition) is 1. The number of amides is 1. The number of ether oxygens (including phenoxy) is 1. The Morgan fingerprint density at radius 1 is 1.21 bits per heavy atom. The van der Waals surface area contributed by atoms with Crippen molar-refractivity contribution in [2.75, 3.05) is 25.0 Å². The summed E-state index contributed by atoms with van der Waals surface area (Å²) < 4.78 is 33.0. The molecule has 2 aromatic carbocycles. The fraction of sp³-hybridized carbons (Fsp3) is 0.381. The van der Waals surface area contributed by atoms with Crippen LogP contribution in [-0.4, -0.2) is 38.3 Å². The average Bonchev–Trinajstić information content (AvgIpc) is 2.70. The molecule has 0 saturated carbocycles. The van der Waals surface area contributed by atoms with E-state index >= 15 is 0 Å². The fourth-order valence-corrected chi connectivity index (χ4v) is 4.95. The molecule has 156 valence electrons. The second-order valence-corrected chi connectivity index (χ2v) is 9.46. The summed E-state index contributed by atoms with van der Waals surface area (Å²) in [6, 6.07) is 11.3. The first kappa shape index (κ1) is 21.6. The largest absolute Gasteiger partial charge is 0.492 e. The molecule has 2 aromatic rings. The third-order valence-electron chi connectivity index (χ3n) is 5.00. The van der Waals surface area contributed by atoms with Crippen molar-refractivity contribution in [1.29, 1.82) is 0 Å². The average molecular weight is 437 g/mol. The molecule has 0 atom stereocenters. The van der Waals surface area contributed by atoms with Crippen LogP contribution in [0.1, 0.15) is 37.0 Å². The van der Waals surface area contributed by atoms with Crippen LogP contribution in [0.25, 0.3) is 0 Å². The van der Waals surface area contributed by atoms with Crippen LogP contribution < -0.4 is 10.1 Å². The van der Waals surface area contributed by atoms with Gasteiger partial charge < -0.3 is 10.1 Å². The molecule has 1 N–H and O–H groups in total. The lowest BCUT2D eigenvalue weighted by atomic mass is 10.0. The van der Waals surface area contributed by atoms with E-state index in [2.05, 4.69) is 12.2 Å². The SMILES string of the molecule is CCOc1ccccc1NC(=O)c1cc(S(=O)(=O)N2CCC(C)CC2)ccc1Cl. The van der Waals surface area contributed by atoms with Crippen LogP contribution in [0.4, 0.5) is 5.69 Å². The minimum Gasteiger partial charge on any atom is -0.492 e. The third-order valence-corrected chi connectivity index (χ3v) is 7.22. The molecule has 1 fully saturated rings. The van der Waals surface area contributed by atoms with Gasteiger partial charge in [0.15, 0.2) is 0 Å². The smallest absolute Gasteiger partial charge is 0.257 e. The highest BCUT2D eigenvalue weighted by Crippen LogP contribution is 2.29. The third kappa shape index (κ3) is 4.91. The molecule has 0 aromatic heterocycles. The summed E-state index contributed by atoms with van der Waals surface area (Å²) in [5, 5.41) is 2.94. The van der Waals surface area contributed by atoms with E-state index in [0.29, 0.717) is 37.1 Å². The van der Waals surface area contributed by atoms with E-state index < -0.39 is 15.9 Å². The maximum Gasteiger partial charge on any atom is 0.257 e. The number of hydrogen-bond acceptors (Lipinski definition) is 4. The highest BCUT2D eigenvalue weighted by Gasteiger charge is 2.29. The Balaban J connectivity index is 1.86. The van der Waals surface area contributed by atoms with Crippen LogP contribution in [0.5, 0.6) is 5.75 Å². The van der Waals surface area contributed by atoms with Crippen LogP contribution in [-0.2, 0) is 10.0 Å². The molecule has 3 rings (SSSR count). The molecular weight excluding hydrogens is 412 g/mol. The summed E-state index contributed by atoms with van der Waals surface area (Å²) in [4.78, 5) is 12.9. The van der Waals surface area contributed by atoms with Crippen molar-refractivity contribution in [1.82, 2.24) is 4.31 Å². The van der Waals surface area contributed by atoms with E-state index in [1.165, 1.54) is 22.5 Å². The zero-order valence-corrected chi connectivity index (χ0v) is 18.1. The van der Waals surface area contributed by atoms with Gasteiger partial charge in [-0.3, -0.25) is 4.79 Å². The minimum atomic E-state index is -3.68. The van der Waals surface area contributed by atoms with Crippen molar-refractivity contribution >= 4 is 33.2 Å². The molecule has 0 aliphatic carbocycles. The van der Waals surface area contributed by atoms with Crippen molar-refractivity contribution in [2.24, 2.45) is 5.92 Å². The maximum absolute atomic E-state index is 13.0. The predicted octanol–water partition coefficient (Wildman–Crippen LogP) is 4.41. The van der Waals surface area contributed by atoms with Gasteiger partial charge in [0.25, 0.3) is 5.91 Å². The predicted molar refractivity (Wildman–Crippen MR) is 114 cm³/mol. The number of sulfonamides is 1. The number of halogens is 1. The molecule has 0 spiro atoms. The first-order valence-corrected chi connectivity index (χ1v) is 11.5. The summed E-state index contributed by atoms with van der Waals surface area (Å²) in [6.45, 7) is 5.39. The van der Waals surface area contributed by atoms with Crippen molar-refractivity contribution in [3.63, 3.8) is 0 Å². The topological polar surface area (TPSA) is 75.7 Å². The monoisotopic (exact) mass is 436 g/mol. The maximum atomic E-state index is 13.0. The number of nitrogens with zero attached hydrogens (tertiary/aromatic N) is 1. The van der Waals surface area contributed by atoms with Gasteiger partial charge in [0, 0.05) is 13.1 Å². The van der Waals surface area contributed by atoms with Gasteiger partial charge in [0.05, 0.1) is 27.8 Å². The Morgan fingerprint density at radius 2 is 1.90 bits per heavy atom. The lowest BCUT2D eigenvalue weighted by Gasteiger charge is -2.29. The number of benzene rings is 2. The van der Waals surface area contributed by atoms with Crippen molar-refractivity contribution in [3.8, 4) is 5.75 Å². The number of anilines is 1. The van der Waals surface area contributed by atoms with Gasteiger partial charge in [-0.15, -0.1) is 0 Å². The Bertz CT molecular complexity index is 986. The number of carbonyl (C=O) groups is 1. The highest BCUT2D eigenvalue weighted by molar-refractivity contribution is 7.89. The van der Waals surface area contributed by atoms with Crippen molar-refractivity contribution < 1.29 is 17.9 Å². The van der Waals surface area contributed by atoms with Crippen molar-refractivity contribution in [2.45, 2.75) is 31.6 Å². The number of nitrogens with one attached hydrogen (secondary N) is 1. The Morgan fingerprint density at radius 3 is 2.59 bits per heavy atom. The Labute approximate surface area is 176 Å². The quantitative estimate of drug-likeness (QED) is 0.727. The highest BCUT2D eigenvalue weighted by atomic mass is 35.5. The molecule has 1 amide bonds. The van der Waals surface area contributed by atoms with E-state index in [1.54, 1.807) is 24.3 Å². The van der Waals surface area contributed by atoms with Gasteiger partial charge in [-0.25, -0.2) is 8.42 Å². The minimum absolute atomic E-state index is 0.0692. The zero-order valence-electron chi connectivity index (χ0n) is 16.5. The first-order chi connectivity index (χ1) is 13.8. The molecule has 1 aliphatic rings. The van der Waals surface area contributed by atoms with Gasteiger partial charge in [-0.1, -0.05) is 30.7 Å². The molecule has 1 saturated heterocycles. The van der Waals surface area contributed by atoms with Gasteiger partial charge >= 0.3 is 0 Å². The Kier molecular flexibility index (Phi) is 6.82. The summed E-state index contributed by atoms with van der Waals surface area (Å²) in [7, 11) is -3.68. The normalized spacial score (nSPS) is 15.8. The second kappa shape index (κ2) is 9.15. The van der Waals surface area contributed by atoms with Gasteiger partial charge in [-0.05, 0) is 56.0 Å².